The van der Waals surface area contributed by atoms with E-state index in [1.165, 1.54) is 7.11 Å². The van der Waals surface area contributed by atoms with Gasteiger partial charge in [0, 0.05) is 12.8 Å². The number of rotatable bonds is 4. The molecule has 17 heavy (non-hydrogen) atoms. The van der Waals surface area contributed by atoms with Crippen LogP contribution in [0.1, 0.15) is 30.9 Å². The largest absolute Gasteiger partial charge is 0.375 e. The Morgan fingerprint density at radius 1 is 1.53 bits per heavy atom. The number of methoxy groups -OCH3 is 1. The van der Waals surface area contributed by atoms with E-state index in [-0.39, 0.29) is 18.4 Å². The lowest BCUT2D eigenvalue weighted by Gasteiger charge is -2.14. The third-order valence-electron chi connectivity index (χ3n) is 2.35. The number of carbonyl (C=O) groups is 1. The van der Waals surface area contributed by atoms with Gasteiger partial charge in [-0.2, -0.15) is 5.26 Å². The zero-order chi connectivity index (χ0) is 12.8. The third-order valence-corrected chi connectivity index (χ3v) is 2.35. The molecule has 1 N–H and O–H groups in total. The molecule has 1 aromatic carbocycles. The molecule has 0 spiro atoms. The predicted octanol–water partition coefficient (Wildman–Crippen LogP) is 2.27. The van der Waals surface area contributed by atoms with Crippen LogP contribution in [0.2, 0.25) is 0 Å². The Hall–Kier alpha value is -1.86. The van der Waals surface area contributed by atoms with Crippen molar-refractivity contribution in [2.24, 2.45) is 0 Å². The van der Waals surface area contributed by atoms with Crippen LogP contribution in [0.5, 0.6) is 0 Å². The van der Waals surface area contributed by atoms with Gasteiger partial charge in [-0.1, -0.05) is 13.8 Å². The molecule has 4 nitrogen and oxygen atoms in total. The number of nitrogens with zero attached hydrogens (tertiary/aromatic N) is 1. The number of hydrogen-bond acceptors (Lipinski definition) is 3. The highest BCUT2D eigenvalue weighted by Gasteiger charge is 2.10. The van der Waals surface area contributed by atoms with E-state index in [0.717, 1.165) is 11.3 Å². The standard InChI is InChI=1S/C13H16N2O2/c1-9(2)11-6-10(7-14)4-5-12(11)15-13(16)8-17-3/h4-6,9H,8H2,1-3H3,(H,15,16). The Kier molecular flexibility index (Phi) is 4.68. The van der Waals surface area contributed by atoms with Gasteiger partial charge in [0.15, 0.2) is 0 Å². The predicted molar refractivity (Wildman–Crippen MR) is 65.8 cm³/mol. The number of anilines is 1. The zero-order valence-electron chi connectivity index (χ0n) is 10.3. The van der Waals surface area contributed by atoms with Gasteiger partial charge < -0.3 is 10.1 Å². The van der Waals surface area contributed by atoms with Gasteiger partial charge in [-0.15, -0.1) is 0 Å². The van der Waals surface area contributed by atoms with Crippen LogP contribution < -0.4 is 5.32 Å². The molecular formula is C13H16N2O2. The Bertz CT molecular complexity index is 447. The van der Waals surface area contributed by atoms with Crippen molar-refractivity contribution in [2.45, 2.75) is 19.8 Å². The summed E-state index contributed by atoms with van der Waals surface area (Å²) < 4.78 is 4.76. The van der Waals surface area contributed by atoms with Crippen molar-refractivity contribution >= 4 is 11.6 Å². The summed E-state index contributed by atoms with van der Waals surface area (Å²) in [5, 5.41) is 11.6. The second-order valence-electron chi connectivity index (χ2n) is 4.05. The molecule has 0 saturated heterocycles. The van der Waals surface area contributed by atoms with Crippen molar-refractivity contribution in [1.29, 1.82) is 5.26 Å². The summed E-state index contributed by atoms with van der Waals surface area (Å²) in [6.45, 7) is 4.06. The fourth-order valence-corrected chi connectivity index (χ4v) is 1.54. The van der Waals surface area contributed by atoms with E-state index in [1.54, 1.807) is 18.2 Å². The van der Waals surface area contributed by atoms with Gasteiger partial charge in [-0.3, -0.25) is 4.79 Å². The minimum absolute atomic E-state index is 0.0253. The summed E-state index contributed by atoms with van der Waals surface area (Å²) in [6.07, 6.45) is 0. The van der Waals surface area contributed by atoms with Gasteiger partial charge in [-0.05, 0) is 29.7 Å². The van der Waals surface area contributed by atoms with Crippen LogP contribution in [0.15, 0.2) is 18.2 Å². The first-order valence-corrected chi connectivity index (χ1v) is 5.41. The molecule has 1 aromatic rings. The highest BCUT2D eigenvalue weighted by molar-refractivity contribution is 5.92. The maximum Gasteiger partial charge on any atom is 0.250 e. The summed E-state index contributed by atoms with van der Waals surface area (Å²) in [4.78, 5) is 11.4. The minimum atomic E-state index is -0.195. The number of hydrogen-bond donors (Lipinski definition) is 1. The molecule has 90 valence electrons. The van der Waals surface area contributed by atoms with Gasteiger partial charge in [-0.25, -0.2) is 0 Å². The third kappa shape index (κ3) is 3.58. The number of nitrogens with one attached hydrogen (secondary N) is 1. The Balaban J connectivity index is 2.99. The molecule has 0 aromatic heterocycles. The molecule has 4 heteroatoms. The van der Waals surface area contributed by atoms with Crippen molar-refractivity contribution in [3.05, 3.63) is 29.3 Å². The average molecular weight is 232 g/mol. The number of benzene rings is 1. The molecule has 0 aliphatic rings. The Labute approximate surface area is 101 Å². The van der Waals surface area contributed by atoms with Crippen LogP contribution in [0.3, 0.4) is 0 Å². The van der Waals surface area contributed by atoms with Crippen LogP contribution in [0.4, 0.5) is 5.69 Å². The van der Waals surface area contributed by atoms with Crippen LogP contribution in [0, 0.1) is 11.3 Å². The lowest BCUT2D eigenvalue weighted by Crippen LogP contribution is -2.18. The molecule has 0 saturated carbocycles. The first-order valence-electron chi connectivity index (χ1n) is 5.41. The molecule has 1 amide bonds. The van der Waals surface area contributed by atoms with E-state index in [9.17, 15) is 4.79 Å². The van der Waals surface area contributed by atoms with Crippen molar-refractivity contribution in [1.82, 2.24) is 0 Å². The van der Waals surface area contributed by atoms with E-state index in [1.807, 2.05) is 13.8 Å². The molecule has 0 aliphatic heterocycles. The second kappa shape index (κ2) is 6.02. The van der Waals surface area contributed by atoms with Gasteiger partial charge in [0.25, 0.3) is 0 Å². The van der Waals surface area contributed by atoms with E-state index < -0.39 is 0 Å². The topological polar surface area (TPSA) is 62.1 Å². The van der Waals surface area contributed by atoms with Gasteiger partial charge in [0.2, 0.25) is 5.91 Å². The molecule has 0 bridgehead atoms. The number of ether oxygens (including phenoxy) is 1. The molecule has 0 heterocycles. The van der Waals surface area contributed by atoms with Crippen molar-refractivity contribution in [2.75, 3.05) is 19.0 Å². The Morgan fingerprint density at radius 3 is 2.76 bits per heavy atom. The second-order valence-corrected chi connectivity index (χ2v) is 4.05. The summed E-state index contributed by atoms with van der Waals surface area (Å²) in [7, 11) is 1.47. The highest BCUT2D eigenvalue weighted by Crippen LogP contribution is 2.25. The van der Waals surface area contributed by atoms with E-state index in [4.69, 9.17) is 10.00 Å². The van der Waals surface area contributed by atoms with Crippen LogP contribution in [-0.2, 0) is 9.53 Å². The lowest BCUT2D eigenvalue weighted by molar-refractivity contribution is -0.119. The average Bonchev–Trinajstić information content (AvgIpc) is 2.29. The maximum atomic E-state index is 11.4. The quantitative estimate of drug-likeness (QED) is 0.866. The van der Waals surface area contributed by atoms with Crippen LogP contribution in [0.25, 0.3) is 0 Å². The molecule has 0 unspecified atom stereocenters. The zero-order valence-corrected chi connectivity index (χ0v) is 10.3. The molecular weight excluding hydrogens is 216 g/mol. The van der Waals surface area contributed by atoms with E-state index >= 15 is 0 Å². The molecule has 0 fully saturated rings. The van der Waals surface area contributed by atoms with E-state index in [0.29, 0.717) is 5.56 Å². The molecule has 0 atom stereocenters. The lowest BCUT2D eigenvalue weighted by atomic mass is 9.99. The molecule has 0 aliphatic carbocycles. The van der Waals surface area contributed by atoms with Crippen LogP contribution >= 0.6 is 0 Å². The summed E-state index contributed by atoms with van der Waals surface area (Å²) in [6, 6.07) is 7.33. The fraction of sp³-hybridized carbons (Fsp3) is 0.385. The van der Waals surface area contributed by atoms with Crippen LogP contribution in [-0.4, -0.2) is 19.6 Å². The number of nitriles is 1. The van der Waals surface area contributed by atoms with Crippen molar-refractivity contribution < 1.29 is 9.53 Å². The molecule has 0 radical (unpaired) electrons. The SMILES string of the molecule is COCC(=O)Nc1ccc(C#N)cc1C(C)C. The first-order chi connectivity index (χ1) is 8.08. The van der Waals surface area contributed by atoms with E-state index in [2.05, 4.69) is 11.4 Å². The van der Waals surface area contributed by atoms with Gasteiger partial charge in [0.1, 0.15) is 6.61 Å². The summed E-state index contributed by atoms with van der Waals surface area (Å²) in [5.41, 5.74) is 2.29. The van der Waals surface area contributed by atoms with Gasteiger partial charge >= 0.3 is 0 Å². The normalized spacial score (nSPS) is 10.1. The summed E-state index contributed by atoms with van der Waals surface area (Å²) >= 11 is 0. The highest BCUT2D eigenvalue weighted by atomic mass is 16.5. The Morgan fingerprint density at radius 2 is 2.24 bits per heavy atom. The fourth-order valence-electron chi connectivity index (χ4n) is 1.54. The smallest absolute Gasteiger partial charge is 0.250 e. The monoisotopic (exact) mass is 232 g/mol. The van der Waals surface area contributed by atoms with Crippen molar-refractivity contribution in [3.63, 3.8) is 0 Å². The summed E-state index contributed by atoms with van der Waals surface area (Å²) in [5.74, 6) is 0.0419. The number of carbonyl (C=O) groups excluding carboxylic acids is 1. The first kappa shape index (κ1) is 13.2. The number of amides is 1. The maximum absolute atomic E-state index is 11.4. The minimum Gasteiger partial charge on any atom is -0.375 e. The van der Waals surface area contributed by atoms with Gasteiger partial charge in [0.05, 0.1) is 11.6 Å². The van der Waals surface area contributed by atoms with Crippen molar-refractivity contribution in [3.8, 4) is 6.07 Å². The molecule has 1 rings (SSSR count).